The molecule has 1 N–H and O–H groups in total. The van der Waals surface area contributed by atoms with Gasteiger partial charge in [0.15, 0.2) is 5.78 Å². The molecule has 0 unspecified atom stereocenters. The summed E-state index contributed by atoms with van der Waals surface area (Å²) in [6.07, 6.45) is -3.42. The topological polar surface area (TPSA) is 46.9 Å². The summed E-state index contributed by atoms with van der Waals surface area (Å²) in [6.45, 7) is 3.07. The summed E-state index contributed by atoms with van der Waals surface area (Å²) >= 11 is 0. The number of alkyl halides is 3. The van der Waals surface area contributed by atoms with Gasteiger partial charge in [0.1, 0.15) is 0 Å². The van der Waals surface area contributed by atoms with Gasteiger partial charge < -0.3 is 5.32 Å². The van der Waals surface area contributed by atoms with E-state index in [9.17, 15) is 18.0 Å². The van der Waals surface area contributed by atoms with Crippen molar-refractivity contribution in [2.24, 2.45) is 0 Å². The number of aromatic nitrogens is 2. The summed E-state index contributed by atoms with van der Waals surface area (Å²) in [5.41, 5.74) is 1.63. The van der Waals surface area contributed by atoms with Crippen molar-refractivity contribution in [3.05, 3.63) is 17.5 Å². The molecule has 0 amide bonds. The van der Waals surface area contributed by atoms with E-state index in [2.05, 4.69) is 10.4 Å². The van der Waals surface area contributed by atoms with E-state index in [1.165, 1.54) is 0 Å². The third-order valence-corrected chi connectivity index (χ3v) is 2.60. The molecule has 1 aromatic rings. The van der Waals surface area contributed by atoms with Crippen LogP contribution in [0.4, 0.5) is 13.2 Å². The summed E-state index contributed by atoms with van der Waals surface area (Å²) in [5.74, 6) is -0.276. The number of carbonyl (C=O) groups excluding carboxylic acids is 1. The quantitative estimate of drug-likeness (QED) is 0.825. The van der Waals surface area contributed by atoms with E-state index in [1.807, 2.05) is 19.9 Å². The van der Waals surface area contributed by atoms with Gasteiger partial charge in [0.05, 0.1) is 18.8 Å². The molecule has 0 aromatic carbocycles. The lowest BCUT2D eigenvalue weighted by Gasteiger charge is -2.08. The number of aryl methyl sites for hydroxylation is 2. The van der Waals surface area contributed by atoms with Gasteiger partial charge >= 0.3 is 6.18 Å². The second kappa shape index (κ2) is 6.70. The summed E-state index contributed by atoms with van der Waals surface area (Å²) < 4.78 is 37.4. The van der Waals surface area contributed by atoms with Gasteiger partial charge in [-0.3, -0.25) is 9.48 Å². The van der Waals surface area contributed by atoms with Crippen LogP contribution in [-0.4, -0.2) is 34.8 Å². The smallest absolute Gasteiger partial charge is 0.302 e. The Morgan fingerprint density at radius 2 is 2.11 bits per heavy atom. The zero-order valence-corrected chi connectivity index (χ0v) is 11.0. The molecule has 0 saturated heterocycles. The minimum Gasteiger partial charge on any atom is -0.302 e. The van der Waals surface area contributed by atoms with Crippen LogP contribution in [-0.2, 0) is 24.2 Å². The third-order valence-electron chi connectivity index (χ3n) is 2.60. The molecule has 7 heteroatoms. The predicted molar refractivity (Wildman–Crippen MR) is 64.9 cm³/mol. The van der Waals surface area contributed by atoms with E-state index in [1.54, 1.807) is 4.68 Å². The van der Waals surface area contributed by atoms with Crippen LogP contribution in [0.5, 0.6) is 0 Å². The number of hydrogen-bond acceptors (Lipinski definition) is 3. The van der Waals surface area contributed by atoms with Crippen LogP contribution in [0.1, 0.15) is 25.2 Å². The van der Waals surface area contributed by atoms with Gasteiger partial charge in [0, 0.05) is 18.7 Å². The first-order valence-corrected chi connectivity index (χ1v) is 6.20. The SMILES string of the molecule is CCc1cc(CC(=O)CNCC(F)(F)F)n(CC)n1. The average molecular weight is 277 g/mol. The molecule has 4 nitrogen and oxygen atoms in total. The Kier molecular flexibility index (Phi) is 5.53. The Labute approximate surface area is 110 Å². The molecule has 0 atom stereocenters. The van der Waals surface area contributed by atoms with Crippen LogP contribution in [0, 0.1) is 0 Å². The second-order valence-corrected chi connectivity index (χ2v) is 4.23. The molecule has 0 aliphatic rings. The van der Waals surface area contributed by atoms with Gasteiger partial charge in [0.2, 0.25) is 0 Å². The molecule has 1 aromatic heterocycles. The molecular weight excluding hydrogens is 259 g/mol. The minimum absolute atomic E-state index is 0.103. The third kappa shape index (κ3) is 5.42. The fraction of sp³-hybridized carbons (Fsp3) is 0.667. The summed E-state index contributed by atoms with van der Waals surface area (Å²) in [4.78, 5) is 11.6. The van der Waals surface area contributed by atoms with Crippen molar-refractivity contribution in [1.29, 1.82) is 0 Å². The number of halogens is 3. The molecule has 0 aliphatic heterocycles. The molecule has 0 spiro atoms. The molecule has 1 rings (SSSR count). The first kappa shape index (κ1) is 15.7. The Hall–Kier alpha value is -1.37. The number of nitrogens with one attached hydrogen (secondary N) is 1. The predicted octanol–water partition coefficient (Wildman–Crippen LogP) is 1.73. The van der Waals surface area contributed by atoms with Crippen LogP contribution in [0.25, 0.3) is 0 Å². The van der Waals surface area contributed by atoms with Crippen molar-refractivity contribution >= 4 is 5.78 Å². The molecule has 1 heterocycles. The number of ketones is 1. The lowest BCUT2D eigenvalue weighted by atomic mass is 10.2. The van der Waals surface area contributed by atoms with Gasteiger partial charge in [-0.2, -0.15) is 18.3 Å². The maximum atomic E-state index is 11.9. The van der Waals surface area contributed by atoms with Crippen LogP contribution >= 0.6 is 0 Å². The van der Waals surface area contributed by atoms with Crippen LogP contribution < -0.4 is 5.32 Å². The highest BCUT2D eigenvalue weighted by Gasteiger charge is 2.26. The van der Waals surface area contributed by atoms with E-state index in [-0.39, 0.29) is 18.7 Å². The summed E-state index contributed by atoms with van der Waals surface area (Å²) in [5, 5.41) is 6.38. The van der Waals surface area contributed by atoms with E-state index >= 15 is 0 Å². The Bertz CT molecular complexity index is 426. The molecular formula is C12H18F3N3O. The van der Waals surface area contributed by atoms with Crippen LogP contribution in [0.15, 0.2) is 6.07 Å². The van der Waals surface area contributed by atoms with Gasteiger partial charge in [-0.25, -0.2) is 0 Å². The van der Waals surface area contributed by atoms with Crippen molar-refractivity contribution in [2.45, 2.75) is 39.4 Å². The first-order valence-electron chi connectivity index (χ1n) is 6.20. The molecule has 0 radical (unpaired) electrons. The van der Waals surface area contributed by atoms with Gasteiger partial charge in [0.25, 0.3) is 0 Å². The zero-order chi connectivity index (χ0) is 14.5. The highest BCUT2D eigenvalue weighted by atomic mass is 19.4. The van der Waals surface area contributed by atoms with E-state index < -0.39 is 12.7 Å². The van der Waals surface area contributed by atoms with Crippen LogP contribution in [0.3, 0.4) is 0 Å². The zero-order valence-electron chi connectivity index (χ0n) is 11.0. The van der Waals surface area contributed by atoms with Crippen molar-refractivity contribution in [3.8, 4) is 0 Å². The number of nitrogens with zero attached hydrogens (tertiary/aromatic N) is 2. The lowest BCUT2D eigenvalue weighted by Crippen LogP contribution is -2.33. The molecule has 0 aliphatic carbocycles. The molecule has 0 saturated carbocycles. The largest absolute Gasteiger partial charge is 0.401 e. The maximum Gasteiger partial charge on any atom is 0.401 e. The van der Waals surface area contributed by atoms with Gasteiger partial charge in [-0.15, -0.1) is 0 Å². The van der Waals surface area contributed by atoms with Crippen molar-refractivity contribution in [1.82, 2.24) is 15.1 Å². The Morgan fingerprint density at radius 3 is 2.63 bits per heavy atom. The number of Topliss-reactive ketones (excluding diaryl/α,β-unsaturated/α-hetero) is 1. The second-order valence-electron chi connectivity index (χ2n) is 4.23. The van der Waals surface area contributed by atoms with Crippen molar-refractivity contribution in [2.75, 3.05) is 13.1 Å². The fourth-order valence-corrected chi connectivity index (χ4v) is 1.71. The van der Waals surface area contributed by atoms with Gasteiger partial charge in [-0.1, -0.05) is 6.92 Å². The maximum absolute atomic E-state index is 11.9. The number of rotatable bonds is 7. The molecule has 0 fully saturated rings. The summed E-state index contributed by atoms with van der Waals surface area (Å²) in [7, 11) is 0. The standard InChI is InChI=1S/C12H18F3N3O/c1-3-9-5-10(18(4-2)17-9)6-11(19)7-16-8-12(13,14)15/h5,16H,3-4,6-8H2,1-2H3. The molecule has 19 heavy (non-hydrogen) atoms. The number of hydrogen-bond donors (Lipinski definition) is 1. The fourth-order valence-electron chi connectivity index (χ4n) is 1.71. The van der Waals surface area contributed by atoms with E-state index in [4.69, 9.17) is 0 Å². The molecule has 108 valence electrons. The average Bonchev–Trinajstić information content (AvgIpc) is 2.69. The van der Waals surface area contributed by atoms with Gasteiger partial charge in [-0.05, 0) is 19.4 Å². The highest BCUT2D eigenvalue weighted by Crippen LogP contribution is 2.12. The first-order chi connectivity index (χ1) is 8.85. The lowest BCUT2D eigenvalue weighted by molar-refractivity contribution is -0.127. The van der Waals surface area contributed by atoms with Crippen LogP contribution in [0.2, 0.25) is 0 Å². The monoisotopic (exact) mass is 277 g/mol. The summed E-state index contributed by atoms with van der Waals surface area (Å²) in [6, 6.07) is 1.82. The highest BCUT2D eigenvalue weighted by molar-refractivity contribution is 5.82. The number of carbonyl (C=O) groups is 1. The minimum atomic E-state index is -4.29. The van der Waals surface area contributed by atoms with E-state index in [0.717, 1.165) is 17.8 Å². The Balaban J connectivity index is 2.50. The Morgan fingerprint density at radius 1 is 1.42 bits per heavy atom. The van der Waals surface area contributed by atoms with E-state index in [0.29, 0.717) is 6.54 Å². The normalized spacial score (nSPS) is 11.8. The van der Waals surface area contributed by atoms with Crippen molar-refractivity contribution < 1.29 is 18.0 Å². The van der Waals surface area contributed by atoms with Crippen molar-refractivity contribution in [3.63, 3.8) is 0 Å². The molecule has 0 bridgehead atoms.